The largest absolute Gasteiger partial charge is 0.497 e. The highest BCUT2D eigenvalue weighted by atomic mass is 16.5. The number of hydrogen-bond donors (Lipinski definition) is 1. The fraction of sp³-hybridized carbons (Fsp3) is 0.571. The van der Waals surface area contributed by atoms with Gasteiger partial charge in [0.1, 0.15) is 11.5 Å². The Morgan fingerprint density at radius 3 is 2.47 bits per heavy atom. The second-order valence-electron chi connectivity index (χ2n) is 4.67. The summed E-state index contributed by atoms with van der Waals surface area (Å²) in [6.07, 6.45) is 4.74. The average Bonchev–Trinajstić information content (AvgIpc) is 3.19. The number of nitrogens with two attached hydrogens (primary N) is 1. The van der Waals surface area contributed by atoms with E-state index in [1.807, 2.05) is 24.3 Å². The summed E-state index contributed by atoms with van der Waals surface area (Å²) in [5.74, 6) is 2.54. The molecule has 1 aromatic rings. The van der Waals surface area contributed by atoms with Crippen LogP contribution >= 0.6 is 0 Å². The van der Waals surface area contributed by atoms with Crippen LogP contribution in [0.15, 0.2) is 24.3 Å². The molecule has 0 saturated heterocycles. The van der Waals surface area contributed by atoms with Crippen molar-refractivity contribution in [3.8, 4) is 11.5 Å². The van der Waals surface area contributed by atoms with E-state index in [0.29, 0.717) is 6.04 Å². The first-order valence-corrected chi connectivity index (χ1v) is 6.32. The molecule has 0 aliphatic heterocycles. The molecule has 3 nitrogen and oxygen atoms in total. The van der Waals surface area contributed by atoms with E-state index in [9.17, 15) is 0 Å². The van der Waals surface area contributed by atoms with Crippen molar-refractivity contribution >= 4 is 0 Å². The van der Waals surface area contributed by atoms with Gasteiger partial charge in [0.2, 0.25) is 0 Å². The Morgan fingerprint density at radius 2 is 1.88 bits per heavy atom. The Balaban J connectivity index is 1.63. The number of rotatable bonds is 7. The maximum Gasteiger partial charge on any atom is 0.119 e. The lowest BCUT2D eigenvalue weighted by molar-refractivity contribution is 0.298. The molecule has 94 valence electrons. The third-order valence-corrected chi connectivity index (χ3v) is 3.24. The van der Waals surface area contributed by atoms with Crippen LogP contribution in [0.5, 0.6) is 11.5 Å². The fourth-order valence-corrected chi connectivity index (χ4v) is 1.94. The molecule has 1 atom stereocenters. The monoisotopic (exact) mass is 235 g/mol. The number of hydrogen-bond acceptors (Lipinski definition) is 3. The minimum Gasteiger partial charge on any atom is -0.497 e. The molecule has 17 heavy (non-hydrogen) atoms. The van der Waals surface area contributed by atoms with E-state index >= 15 is 0 Å². The van der Waals surface area contributed by atoms with Crippen molar-refractivity contribution in [2.24, 2.45) is 11.7 Å². The molecule has 2 rings (SSSR count). The summed E-state index contributed by atoms with van der Waals surface area (Å²) >= 11 is 0. The van der Waals surface area contributed by atoms with Crippen molar-refractivity contribution in [1.82, 2.24) is 0 Å². The second kappa shape index (κ2) is 5.92. The summed E-state index contributed by atoms with van der Waals surface area (Å²) in [7, 11) is 1.66. The molecule has 0 spiro atoms. The Morgan fingerprint density at radius 1 is 1.24 bits per heavy atom. The molecule has 1 aliphatic carbocycles. The minimum atomic E-state index is 0.384. The first-order valence-electron chi connectivity index (χ1n) is 6.32. The van der Waals surface area contributed by atoms with E-state index in [1.165, 1.54) is 12.8 Å². The van der Waals surface area contributed by atoms with Gasteiger partial charge in [-0.05, 0) is 55.9 Å². The Kier molecular flexibility index (Phi) is 4.26. The summed E-state index contributed by atoms with van der Waals surface area (Å²) in [5.41, 5.74) is 6.02. The van der Waals surface area contributed by atoms with Crippen molar-refractivity contribution in [3.63, 3.8) is 0 Å². The lowest BCUT2D eigenvalue weighted by Crippen LogP contribution is -2.22. The van der Waals surface area contributed by atoms with Crippen LogP contribution in [0.2, 0.25) is 0 Å². The Labute approximate surface area is 103 Å². The highest BCUT2D eigenvalue weighted by Crippen LogP contribution is 2.33. The van der Waals surface area contributed by atoms with Crippen molar-refractivity contribution in [2.45, 2.75) is 31.7 Å². The highest BCUT2D eigenvalue weighted by Gasteiger charge is 2.27. The number of ether oxygens (including phenoxy) is 2. The molecule has 0 aromatic heterocycles. The van der Waals surface area contributed by atoms with Crippen LogP contribution in [0.25, 0.3) is 0 Å². The van der Waals surface area contributed by atoms with E-state index < -0.39 is 0 Å². The van der Waals surface area contributed by atoms with Crippen molar-refractivity contribution in [3.05, 3.63) is 24.3 Å². The summed E-state index contributed by atoms with van der Waals surface area (Å²) in [4.78, 5) is 0. The summed E-state index contributed by atoms with van der Waals surface area (Å²) in [6, 6.07) is 8.06. The molecule has 1 aliphatic rings. The van der Waals surface area contributed by atoms with Crippen molar-refractivity contribution in [2.75, 3.05) is 13.7 Å². The molecule has 1 aromatic carbocycles. The lowest BCUT2D eigenvalue weighted by atomic mass is 10.1. The van der Waals surface area contributed by atoms with Crippen LogP contribution in [0.3, 0.4) is 0 Å². The van der Waals surface area contributed by atoms with Gasteiger partial charge < -0.3 is 15.2 Å². The first-order chi connectivity index (χ1) is 8.29. The zero-order chi connectivity index (χ0) is 12.1. The maximum atomic E-state index is 6.02. The van der Waals surface area contributed by atoms with Gasteiger partial charge in [-0.25, -0.2) is 0 Å². The van der Waals surface area contributed by atoms with Gasteiger partial charge in [-0.1, -0.05) is 0 Å². The van der Waals surface area contributed by atoms with Gasteiger partial charge >= 0.3 is 0 Å². The predicted octanol–water partition coefficient (Wildman–Crippen LogP) is 2.59. The van der Waals surface area contributed by atoms with Gasteiger partial charge in [0.15, 0.2) is 0 Å². The summed E-state index contributed by atoms with van der Waals surface area (Å²) in [6.45, 7) is 0.743. The summed E-state index contributed by atoms with van der Waals surface area (Å²) in [5, 5.41) is 0. The van der Waals surface area contributed by atoms with Crippen LogP contribution in [0.1, 0.15) is 25.7 Å². The SMILES string of the molecule is COc1ccc(OCCCC(N)C2CC2)cc1. The van der Waals surface area contributed by atoms with E-state index in [4.69, 9.17) is 15.2 Å². The number of methoxy groups -OCH3 is 1. The van der Waals surface area contributed by atoms with Gasteiger partial charge in [-0.15, -0.1) is 0 Å². The zero-order valence-electron chi connectivity index (χ0n) is 10.4. The van der Waals surface area contributed by atoms with Gasteiger partial charge in [0.05, 0.1) is 13.7 Å². The molecule has 0 bridgehead atoms. The van der Waals surface area contributed by atoms with Crippen LogP contribution in [-0.2, 0) is 0 Å². The average molecular weight is 235 g/mol. The van der Waals surface area contributed by atoms with Crippen molar-refractivity contribution in [1.29, 1.82) is 0 Å². The molecular formula is C14H21NO2. The summed E-state index contributed by atoms with van der Waals surface area (Å²) < 4.78 is 10.7. The van der Waals surface area contributed by atoms with Crippen LogP contribution < -0.4 is 15.2 Å². The van der Waals surface area contributed by atoms with Gasteiger partial charge in [-0.3, -0.25) is 0 Å². The second-order valence-corrected chi connectivity index (χ2v) is 4.67. The maximum absolute atomic E-state index is 6.02. The molecule has 0 heterocycles. The molecule has 1 fully saturated rings. The standard InChI is InChI=1S/C14H21NO2/c1-16-12-6-8-13(9-7-12)17-10-2-3-14(15)11-4-5-11/h6-9,11,14H,2-5,10,15H2,1H3. The first kappa shape index (κ1) is 12.2. The van der Waals surface area contributed by atoms with Crippen LogP contribution in [0.4, 0.5) is 0 Å². The Hall–Kier alpha value is -1.22. The number of benzene rings is 1. The third kappa shape index (κ3) is 3.93. The predicted molar refractivity (Wildman–Crippen MR) is 68.4 cm³/mol. The van der Waals surface area contributed by atoms with Gasteiger partial charge in [0.25, 0.3) is 0 Å². The zero-order valence-corrected chi connectivity index (χ0v) is 10.4. The van der Waals surface area contributed by atoms with Crippen LogP contribution in [-0.4, -0.2) is 19.8 Å². The van der Waals surface area contributed by atoms with Crippen molar-refractivity contribution < 1.29 is 9.47 Å². The molecule has 2 N–H and O–H groups in total. The smallest absolute Gasteiger partial charge is 0.119 e. The van der Waals surface area contributed by atoms with Crippen LogP contribution in [0, 0.1) is 5.92 Å². The normalized spacial score (nSPS) is 16.6. The van der Waals surface area contributed by atoms with Gasteiger partial charge in [-0.2, -0.15) is 0 Å². The molecular weight excluding hydrogens is 214 g/mol. The topological polar surface area (TPSA) is 44.5 Å². The quantitative estimate of drug-likeness (QED) is 0.739. The minimum absolute atomic E-state index is 0.384. The van der Waals surface area contributed by atoms with Gasteiger partial charge in [0, 0.05) is 6.04 Å². The Bertz CT molecular complexity index is 333. The molecule has 1 saturated carbocycles. The molecule has 0 amide bonds. The van der Waals surface area contributed by atoms with E-state index in [1.54, 1.807) is 7.11 Å². The molecule has 1 unspecified atom stereocenters. The third-order valence-electron chi connectivity index (χ3n) is 3.24. The molecule has 0 radical (unpaired) electrons. The fourth-order valence-electron chi connectivity index (χ4n) is 1.94. The van der Waals surface area contributed by atoms with E-state index in [2.05, 4.69) is 0 Å². The molecule has 3 heteroatoms. The highest BCUT2D eigenvalue weighted by molar-refractivity contribution is 5.31. The van der Waals surface area contributed by atoms with E-state index in [0.717, 1.165) is 36.9 Å². The van der Waals surface area contributed by atoms with E-state index in [-0.39, 0.29) is 0 Å². The lowest BCUT2D eigenvalue weighted by Gasteiger charge is -2.10.